The van der Waals surface area contributed by atoms with Crippen LogP contribution in [0.3, 0.4) is 0 Å². The van der Waals surface area contributed by atoms with Crippen LogP contribution in [-0.2, 0) is 12.8 Å². The highest BCUT2D eigenvalue weighted by Crippen LogP contribution is 2.40. The van der Waals surface area contributed by atoms with Crippen molar-refractivity contribution in [2.24, 2.45) is 0 Å². The number of anilines is 2. The molecular formula is C38H58N4. The Kier molecular flexibility index (Phi) is 13.8. The maximum Gasteiger partial charge on any atom is 0.210 e. The smallest absolute Gasteiger partial charge is 0.210 e. The largest absolute Gasteiger partial charge is 0.493 e. The van der Waals surface area contributed by atoms with Crippen molar-refractivity contribution < 1.29 is 4.70 Å². The second-order valence-electron chi connectivity index (χ2n) is 12.2. The summed E-state index contributed by atoms with van der Waals surface area (Å²) in [6, 6.07) is 13.8. The number of unbranched alkanes of at least 4 members (excludes halogenated alkanes) is 7. The average molecular weight is 571 g/mol. The van der Waals surface area contributed by atoms with E-state index in [1.807, 2.05) is 0 Å². The zero-order chi connectivity index (χ0) is 30.5. The van der Waals surface area contributed by atoms with Gasteiger partial charge in [0, 0.05) is 61.3 Å². The van der Waals surface area contributed by atoms with Crippen molar-refractivity contribution in [1.29, 1.82) is 0 Å². The predicted octanol–water partition coefficient (Wildman–Crippen LogP) is 10.8. The molecule has 0 amide bonds. The van der Waals surface area contributed by atoms with Crippen LogP contribution in [0, 0.1) is 0 Å². The first-order valence-corrected chi connectivity index (χ1v) is 17.0. The van der Waals surface area contributed by atoms with Crippen LogP contribution in [-0.4, -0.2) is 31.9 Å². The molecule has 0 saturated heterocycles. The summed E-state index contributed by atoms with van der Waals surface area (Å²) in [4.78, 5) is 4.60. The number of hydrogen-bond acceptors (Lipinski definition) is 2. The Morgan fingerprint density at radius 3 is 1.62 bits per heavy atom. The Morgan fingerprint density at radius 2 is 1.07 bits per heavy atom. The third-order valence-corrected chi connectivity index (χ3v) is 8.85. The first-order valence-electron chi connectivity index (χ1n) is 17.0. The summed E-state index contributed by atoms with van der Waals surface area (Å²) in [5.74, 6) is 0. The molecule has 0 unspecified atom stereocenters. The fourth-order valence-electron chi connectivity index (χ4n) is 5.84. The van der Waals surface area contributed by atoms with Gasteiger partial charge in [-0.1, -0.05) is 65.7 Å². The van der Waals surface area contributed by atoms with Crippen molar-refractivity contribution in [2.45, 2.75) is 118 Å². The summed E-state index contributed by atoms with van der Waals surface area (Å²) in [5, 5.41) is 0. The normalized spacial score (nSPS) is 13.2. The van der Waals surface area contributed by atoms with Crippen molar-refractivity contribution in [3.05, 3.63) is 75.8 Å². The molecular weight excluding hydrogens is 512 g/mol. The van der Waals surface area contributed by atoms with Gasteiger partial charge in [0.05, 0.1) is 0 Å². The SMILES string of the molecule is CCCCCCCCC1=C(c2cc(CCCC)cc(N(C)CC)c2)[N+](=[N-])C(c2cc(CCCC)cc(N(C)CC)c2)=C1. The summed E-state index contributed by atoms with van der Waals surface area (Å²) < 4.78 is 1.51. The van der Waals surface area contributed by atoms with E-state index in [4.69, 9.17) is 0 Å². The lowest BCUT2D eigenvalue weighted by Gasteiger charge is -2.21. The Morgan fingerprint density at radius 1 is 0.571 bits per heavy atom. The van der Waals surface area contributed by atoms with Crippen LogP contribution < -0.4 is 9.80 Å². The standard InChI is InChI=1S/C38H58N4/c1-8-13-16-17-18-19-22-32-29-37(33-23-30(20-14-9-2)25-35(27-33)40(6)11-4)42(39)38(32)34-24-31(21-15-10-3)26-36(28-34)41(7)12-5/h23-29H,8-22H2,1-7H3. The molecule has 0 fully saturated rings. The molecule has 230 valence electrons. The fraction of sp³-hybridized carbons (Fsp3) is 0.579. The molecule has 42 heavy (non-hydrogen) atoms. The number of benzene rings is 2. The van der Waals surface area contributed by atoms with Gasteiger partial charge in [0.1, 0.15) is 0 Å². The molecule has 4 nitrogen and oxygen atoms in total. The van der Waals surface area contributed by atoms with E-state index in [2.05, 4.69) is 101 Å². The molecule has 3 rings (SSSR count). The number of aryl methyl sites for hydroxylation is 2. The number of rotatable bonds is 19. The lowest BCUT2D eigenvalue weighted by Crippen LogP contribution is -2.17. The predicted molar refractivity (Wildman–Crippen MR) is 185 cm³/mol. The van der Waals surface area contributed by atoms with Crippen molar-refractivity contribution >= 4 is 22.8 Å². The molecule has 0 N–H and O–H groups in total. The van der Waals surface area contributed by atoms with Crippen molar-refractivity contribution in [2.75, 3.05) is 37.0 Å². The first kappa shape index (κ1) is 33.6. The molecule has 0 saturated carbocycles. The number of allylic oxidation sites excluding steroid dienone is 2. The van der Waals surface area contributed by atoms with Crippen LogP contribution in [0.2, 0.25) is 0 Å². The molecule has 0 spiro atoms. The van der Waals surface area contributed by atoms with E-state index in [1.54, 1.807) is 0 Å². The minimum atomic E-state index is 0.902. The zero-order valence-corrected chi connectivity index (χ0v) is 27.9. The van der Waals surface area contributed by atoms with Gasteiger partial charge in [0.25, 0.3) is 0 Å². The zero-order valence-electron chi connectivity index (χ0n) is 27.9. The van der Waals surface area contributed by atoms with Gasteiger partial charge < -0.3 is 15.3 Å². The fourth-order valence-corrected chi connectivity index (χ4v) is 5.84. The molecule has 2 aromatic rings. The maximum absolute atomic E-state index is 12.0. The maximum atomic E-state index is 12.0. The molecule has 1 aliphatic heterocycles. The average Bonchev–Trinajstić information content (AvgIpc) is 3.34. The van der Waals surface area contributed by atoms with Gasteiger partial charge in [0.2, 0.25) is 11.4 Å². The monoisotopic (exact) mass is 570 g/mol. The van der Waals surface area contributed by atoms with E-state index in [-0.39, 0.29) is 0 Å². The Bertz CT molecular complexity index is 1220. The molecule has 1 aliphatic rings. The van der Waals surface area contributed by atoms with E-state index in [1.165, 1.54) is 90.6 Å². The van der Waals surface area contributed by atoms with E-state index >= 15 is 0 Å². The van der Waals surface area contributed by atoms with E-state index in [0.717, 1.165) is 61.3 Å². The van der Waals surface area contributed by atoms with Crippen LogP contribution in [0.1, 0.15) is 128 Å². The summed E-state index contributed by atoms with van der Waals surface area (Å²) in [7, 11) is 4.32. The van der Waals surface area contributed by atoms with Gasteiger partial charge in [0.15, 0.2) is 0 Å². The van der Waals surface area contributed by atoms with Gasteiger partial charge >= 0.3 is 0 Å². The number of hydrogen-bond donors (Lipinski definition) is 0. The van der Waals surface area contributed by atoms with Gasteiger partial charge in [-0.2, -0.15) is 0 Å². The van der Waals surface area contributed by atoms with Crippen molar-refractivity contribution in [3.8, 4) is 0 Å². The quantitative estimate of drug-likeness (QED) is 0.124. The van der Waals surface area contributed by atoms with Crippen LogP contribution in [0.4, 0.5) is 11.4 Å². The van der Waals surface area contributed by atoms with Crippen LogP contribution in [0.25, 0.3) is 16.9 Å². The summed E-state index contributed by atoms with van der Waals surface area (Å²) >= 11 is 0. The third kappa shape index (κ3) is 9.06. The van der Waals surface area contributed by atoms with E-state index < -0.39 is 0 Å². The molecule has 0 atom stereocenters. The Labute approximate surface area is 258 Å². The molecule has 0 aliphatic carbocycles. The summed E-state index contributed by atoms with van der Waals surface area (Å²) in [6.07, 6.45) is 17.7. The van der Waals surface area contributed by atoms with Crippen LogP contribution >= 0.6 is 0 Å². The molecule has 0 radical (unpaired) electrons. The first-order chi connectivity index (χ1) is 20.4. The lowest BCUT2D eigenvalue weighted by atomic mass is 9.97. The third-order valence-electron chi connectivity index (χ3n) is 8.85. The minimum absolute atomic E-state index is 0.902. The molecule has 0 bridgehead atoms. The minimum Gasteiger partial charge on any atom is -0.493 e. The highest BCUT2D eigenvalue weighted by molar-refractivity contribution is 5.80. The topological polar surface area (TPSA) is 31.8 Å². The number of nitrogens with zero attached hydrogens (tertiary/aromatic N) is 4. The second-order valence-corrected chi connectivity index (χ2v) is 12.2. The van der Waals surface area contributed by atoms with Crippen LogP contribution in [0.15, 0.2) is 48.0 Å². The Hall–Kier alpha value is -2.88. The Balaban J connectivity index is 2.07. The molecule has 1 heterocycles. The summed E-state index contributed by atoms with van der Waals surface area (Å²) in [6.45, 7) is 13.1. The van der Waals surface area contributed by atoms with Crippen molar-refractivity contribution in [1.82, 2.24) is 0 Å². The van der Waals surface area contributed by atoms with Gasteiger partial charge in [-0.3, -0.25) is 0 Å². The van der Waals surface area contributed by atoms with Gasteiger partial charge in [-0.25, -0.2) is 4.70 Å². The molecule has 2 aromatic carbocycles. The van der Waals surface area contributed by atoms with Crippen molar-refractivity contribution in [3.63, 3.8) is 0 Å². The molecule has 4 heteroatoms. The van der Waals surface area contributed by atoms with Gasteiger partial charge in [-0.05, 0) is 99.9 Å². The molecule has 0 aromatic heterocycles. The van der Waals surface area contributed by atoms with E-state index in [0.29, 0.717) is 0 Å². The highest BCUT2D eigenvalue weighted by atomic mass is 15.2. The lowest BCUT2D eigenvalue weighted by molar-refractivity contribution is -0.344. The van der Waals surface area contributed by atoms with E-state index in [9.17, 15) is 5.53 Å². The van der Waals surface area contributed by atoms with Gasteiger partial charge in [-0.15, -0.1) is 0 Å². The summed E-state index contributed by atoms with van der Waals surface area (Å²) in [5.41, 5.74) is 22.5. The van der Waals surface area contributed by atoms with Crippen LogP contribution in [0.5, 0.6) is 0 Å². The second kappa shape index (κ2) is 17.3. The highest BCUT2D eigenvalue weighted by Gasteiger charge is 2.30.